The number of hydrogen-bond acceptors (Lipinski definition) is 5. The fourth-order valence-electron chi connectivity index (χ4n) is 2.56. The van der Waals surface area contributed by atoms with E-state index >= 15 is 0 Å². The molecule has 1 aliphatic heterocycles. The van der Waals surface area contributed by atoms with Gasteiger partial charge in [-0.2, -0.15) is 0 Å². The van der Waals surface area contributed by atoms with Gasteiger partial charge in [0, 0.05) is 13.0 Å². The van der Waals surface area contributed by atoms with Crippen molar-refractivity contribution in [2.24, 2.45) is 0 Å². The molecule has 0 radical (unpaired) electrons. The lowest BCUT2D eigenvalue weighted by molar-refractivity contribution is -0.129. The van der Waals surface area contributed by atoms with E-state index in [1.807, 2.05) is 30.3 Å². The van der Waals surface area contributed by atoms with Crippen LogP contribution >= 0.6 is 24.0 Å². The van der Waals surface area contributed by atoms with Crippen molar-refractivity contribution in [1.82, 2.24) is 10.2 Å². The van der Waals surface area contributed by atoms with Crippen molar-refractivity contribution in [3.8, 4) is 0 Å². The van der Waals surface area contributed by atoms with Gasteiger partial charge in [-0.3, -0.25) is 14.5 Å². The quantitative estimate of drug-likeness (QED) is 0.755. The molecular weight excluding hydrogens is 356 g/mol. The topological polar surface area (TPSA) is 62.6 Å². The van der Waals surface area contributed by atoms with E-state index in [2.05, 4.69) is 5.32 Å². The summed E-state index contributed by atoms with van der Waals surface area (Å²) in [5.41, 5.74) is 1.17. The molecule has 25 heavy (non-hydrogen) atoms. The molecule has 0 unspecified atom stereocenters. The van der Waals surface area contributed by atoms with Crippen molar-refractivity contribution >= 4 is 40.1 Å². The van der Waals surface area contributed by atoms with Crippen LogP contribution in [0.25, 0.3) is 0 Å². The first-order valence-corrected chi connectivity index (χ1v) is 9.27. The molecule has 0 saturated carbocycles. The minimum Gasteiger partial charge on any atom is -0.467 e. The van der Waals surface area contributed by atoms with E-state index in [0.29, 0.717) is 23.2 Å². The number of furan rings is 1. The molecule has 2 aromatic rings. The highest BCUT2D eigenvalue weighted by molar-refractivity contribution is 8.24. The Hall–Kier alpha value is -2.12. The smallest absolute Gasteiger partial charge is 0.242 e. The van der Waals surface area contributed by atoms with E-state index in [0.717, 1.165) is 6.42 Å². The van der Waals surface area contributed by atoms with Gasteiger partial charge in [0.25, 0.3) is 0 Å². The molecule has 1 aromatic carbocycles. The average molecular weight is 374 g/mol. The van der Waals surface area contributed by atoms with Gasteiger partial charge >= 0.3 is 0 Å². The van der Waals surface area contributed by atoms with Gasteiger partial charge in [0.1, 0.15) is 10.1 Å². The van der Waals surface area contributed by atoms with Crippen LogP contribution in [0.5, 0.6) is 0 Å². The van der Waals surface area contributed by atoms with Gasteiger partial charge in [-0.25, -0.2) is 0 Å². The predicted octanol–water partition coefficient (Wildman–Crippen LogP) is 2.76. The Bertz CT molecular complexity index is 747. The van der Waals surface area contributed by atoms with Crippen molar-refractivity contribution < 1.29 is 14.0 Å². The Morgan fingerprint density at radius 2 is 2.04 bits per heavy atom. The van der Waals surface area contributed by atoms with E-state index in [1.165, 1.54) is 22.2 Å². The Kier molecular flexibility index (Phi) is 5.88. The summed E-state index contributed by atoms with van der Waals surface area (Å²) in [4.78, 5) is 26.1. The maximum Gasteiger partial charge on any atom is 0.242 e. The highest BCUT2D eigenvalue weighted by Gasteiger charge is 2.38. The third-order valence-corrected chi connectivity index (χ3v) is 5.43. The summed E-state index contributed by atoms with van der Waals surface area (Å²) in [5.74, 6) is 0.401. The Balaban J connectivity index is 1.46. The molecule has 0 bridgehead atoms. The highest BCUT2D eigenvalue weighted by atomic mass is 32.2. The molecule has 130 valence electrons. The maximum atomic E-state index is 12.5. The molecule has 0 aliphatic carbocycles. The third kappa shape index (κ3) is 4.70. The summed E-state index contributed by atoms with van der Waals surface area (Å²) in [5, 5.41) is 2.41. The number of carbonyl (C=O) groups is 2. The Morgan fingerprint density at radius 1 is 1.24 bits per heavy atom. The van der Waals surface area contributed by atoms with Crippen LogP contribution in [0.2, 0.25) is 0 Å². The maximum absolute atomic E-state index is 12.5. The molecule has 0 spiro atoms. The van der Waals surface area contributed by atoms with Crippen LogP contribution in [0.1, 0.15) is 17.7 Å². The standard InChI is InChI=1S/C18H18N2O3S2/c21-16(19-9-8-13-5-2-1-3-6-13)11-15-17(22)20(18(24)25-15)12-14-7-4-10-23-14/h1-7,10,15H,8-9,11-12H2,(H,19,21)/t15-/m0/s1. The second kappa shape index (κ2) is 8.31. The Labute approximate surface area is 155 Å². The summed E-state index contributed by atoms with van der Waals surface area (Å²) < 4.78 is 5.75. The van der Waals surface area contributed by atoms with Crippen LogP contribution < -0.4 is 5.32 Å². The van der Waals surface area contributed by atoms with E-state index in [1.54, 1.807) is 18.4 Å². The van der Waals surface area contributed by atoms with Crippen LogP contribution in [-0.2, 0) is 22.6 Å². The molecule has 7 heteroatoms. The van der Waals surface area contributed by atoms with E-state index in [9.17, 15) is 9.59 Å². The van der Waals surface area contributed by atoms with Gasteiger partial charge in [0.2, 0.25) is 11.8 Å². The molecule has 1 saturated heterocycles. The zero-order valence-electron chi connectivity index (χ0n) is 13.5. The molecular formula is C18H18N2O3S2. The number of amides is 2. The first-order valence-electron chi connectivity index (χ1n) is 7.98. The lowest BCUT2D eigenvalue weighted by atomic mass is 10.1. The minimum atomic E-state index is -0.459. The third-order valence-electron chi connectivity index (χ3n) is 3.85. The van der Waals surface area contributed by atoms with Crippen LogP contribution in [0.3, 0.4) is 0 Å². The molecule has 1 aliphatic rings. The number of hydrogen-bond donors (Lipinski definition) is 1. The number of carbonyl (C=O) groups excluding carboxylic acids is 2. The number of nitrogens with one attached hydrogen (secondary N) is 1. The largest absolute Gasteiger partial charge is 0.467 e. The molecule has 1 fully saturated rings. The van der Waals surface area contributed by atoms with Gasteiger partial charge in [-0.15, -0.1) is 0 Å². The van der Waals surface area contributed by atoms with Crippen LogP contribution in [-0.4, -0.2) is 32.8 Å². The van der Waals surface area contributed by atoms with Crippen LogP contribution in [0.15, 0.2) is 53.1 Å². The molecule has 2 heterocycles. The van der Waals surface area contributed by atoms with Gasteiger partial charge in [0.05, 0.1) is 18.1 Å². The van der Waals surface area contributed by atoms with Crippen molar-refractivity contribution in [3.63, 3.8) is 0 Å². The number of benzene rings is 1. The van der Waals surface area contributed by atoms with Gasteiger partial charge in [-0.1, -0.05) is 54.3 Å². The molecule has 2 amide bonds. The zero-order chi connectivity index (χ0) is 17.6. The molecule has 5 nitrogen and oxygen atoms in total. The van der Waals surface area contributed by atoms with Crippen LogP contribution in [0.4, 0.5) is 0 Å². The lowest BCUT2D eigenvalue weighted by Gasteiger charge is -2.13. The second-order valence-corrected chi connectivity index (χ2v) is 7.50. The summed E-state index contributed by atoms with van der Waals surface area (Å²) >= 11 is 6.53. The number of thioether (sulfide) groups is 1. The number of thiocarbonyl (C=S) groups is 1. The second-order valence-electron chi connectivity index (χ2n) is 5.67. The number of nitrogens with zero attached hydrogens (tertiary/aromatic N) is 1. The SMILES string of the molecule is O=C(C[C@@H]1SC(=S)N(Cc2ccco2)C1=O)NCCc1ccccc1. The summed E-state index contributed by atoms with van der Waals surface area (Å²) in [6, 6.07) is 13.5. The first-order chi connectivity index (χ1) is 12.1. The fourth-order valence-corrected chi connectivity index (χ4v) is 4.05. The van der Waals surface area contributed by atoms with E-state index in [4.69, 9.17) is 16.6 Å². The van der Waals surface area contributed by atoms with Crippen molar-refractivity contribution in [3.05, 3.63) is 60.1 Å². The van der Waals surface area contributed by atoms with Crippen molar-refractivity contribution in [2.75, 3.05) is 6.54 Å². The summed E-state index contributed by atoms with van der Waals surface area (Å²) in [7, 11) is 0. The molecule has 1 N–H and O–H groups in total. The normalized spacial score (nSPS) is 17.1. The molecule has 3 rings (SSSR count). The van der Waals surface area contributed by atoms with E-state index in [-0.39, 0.29) is 18.2 Å². The van der Waals surface area contributed by atoms with Gasteiger partial charge < -0.3 is 9.73 Å². The van der Waals surface area contributed by atoms with E-state index < -0.39 is 5.25 Å². The van der Waals surface area contributed by atoms with Crippen molar-refractivity contribution in [2.45, 2.75) is 24.6 Å². The summed E-state index contributed by atoms with van der Waals surface area (Å²) in [6.07, 6.45) is 2.46. The highest BCUT2D eigenvalue weighted by Crippen LogP contribution is 2.30. The van der Waals surface area contributed by atoms with Gasteiger partial charge in [-0.05, 0) is 24.1 Å². The molecule has 1 atom stereocenters. The fraction of sp³-hybridized carbons (Fsp3) is 0.278. The first kappa shape index (κ1) is 17.7. The predicted molar refractivity (Wildman–Crippen MR) is 101 cm³/mol. The summed E-state index contributed by atoms with van der Waals surface area (Å²) in [6.45, 7) is 0.860. The lowest BCUT2D eigenvalue weighted by Crippen LogP contribution is -2.34. The average Bonchev–Trinajstić information content (AvgIpc) is 3.20. The zero-order valence-corrected chi connectivity index (χ0v) is 15.1. The van der Waals surface area contributed by atoms with Gasteiger partial charge in [0.15, 0.2) is 0 Å². The monoisotopic (exact) mass is 374 g/mol. The minimum absolute atomic E-state index is 0.132. The Morgan fingerprint density at radius 3 is 2.76 bits per heavy atom. The number of rotatable bonds is 7. The molecule has 1 aromatic heterocycles. The van der Waals surface area contributed by atoms with Crippen molar-refractivity contribution in [1.29, 1.82) is 0 Å². The van der Waals surface area contributed by atoms with Crippen LogP contribution in [0, 0.1) is 0 Å².